The van der Waals surface area contributed by atoms with Crippen LogP contribution in [-0.4, -0.2) is 56.9 Å². The second kappa shape index (κ2) is 10.9. The number of carbonyl (C=O) groups excluding carboxylic acids is 1. The first-order valence-corrected chi connectivity index (χ1v) is 10.4. The lowest BCUT2D eigenvalue weighted by molar-refractivity contribution is 0.0162. The van der Waals surface area contributed by atoms with Crippen LogP contribution in [0.3, 0.4) is 0 Å². The fraction of sp³-hybridized carbons (Fsp3) is 0.435. The van der Waals surface area contributed by atoms with Gasteiger partial charge in [0.2, 0.25) is 0 Å². The van der Waals surface area contributed by atoms with Crippen LogP contribution in [0.5, 0.6) is 11.5 Å². The average molecular weight is 416 g/mol. The van der Waals surface area contributed by atoms with Gasteiger partial charge in [-0.2, -0.15) is 0 Å². The van der Waals surface area contributed by atoms with Crippen molar-refractivity contribution >= 4 is 5.91 Å². The van der Waals surface area contributed by atoms with Gasteiger partial charge in [0, 0.05) is 25.2 Å². The fourth-order valence-corrected chi connectivity index (χ4v) is 3.52. The number of hydrogen-bond acceptors (Lipinski definition) is 5. The Morgan fingerprint density at radius 2 is 1.73 bits per heavy atom. The van der Waals surface area contributed by atoms with Gasteiger partial charge in [-0.15, -0.1) is 0 Å². The summed E-state index contributed by atoms with van der Waals surface area (Å²) < 4.78 is 30.0. The SMILES string of the molecule is CCOc1ccc(C(=O)NC[C@H](c2ccc(F)cc2)N2CCOCC2)cc1OCC. The van der Waals surface area contributed by atoms with E-state index < -0.39 is 0 Å². The molecule has 1 aliphatic rings. The number of halogens is 1. The van der Waals surface area contributed by atoms with Crippen molar-refractivity contribution in [1.82, 2.24) is 10.2 Å². The molecule has 7 heteroatoms. The van der Waals surface area contributed by atoms with Gasteiger partial charge in [-0.3, -0.25) is 9.69 Å². The van der Waals surface area contributed by atoms with E-state index in [-0.39, 0.29) is 17.8 Å². The molecular formula is C23H29FN2O4. The molecule has 2 aromatic rings. The van der Waals surface area contributed by atoms with Gasteiger partial charge >= 0.3 is 0 Å². The molecule has 1 heterocycles. The molecular weight excluding hydrogens is 387 g/mol. The number of nitrogens with one attached hydrogen (secondary N) is 1. The molecule has 1 saturated heterocycles. The van der Waals surface area contributed by atoms with E-state index in [1.807, 2.05) is 13.8 Å². The Labute approximate surface area is 176 Å². The molecule has 0 radical (unpaired) electrons. The molecule has 0 aromatic heterocycles. The number of ether oxygens (including phenoxy) is 3. The number of hydrogen-bond donors (Lipinski definition) is 1. The maximum atomic E-state index is 13.4. The van der Waals surface area contributed by atoms with Gasteiger partial charge < -0.3 is 19.5 Å². The summed E-state index contributed by atoms with van der Waals surface area (Å²) in [6, 6.07) is 11.6. The van der Waals surface area contributed by atoms with Crippen molar-refractivity contribution in [2.45, 2.75) is 19.9 Å². The lowest BCUT2D eigenvalue weighted by Gasteiger charge is -2.35. The first-order chi connectivity index (χ1) is 14.6. The number of rotatable bonds is 9. The molecule has 30 heavy (non-hydrogen) atoms. The van der Waals surface area contributed by atoms with Crippen LogP contribution in [0.25, 0.3) is 0 Å². The topological polar surface area (TPSA) is 60.0 Å². The Morgan fingerprint density at radius 3 is 2.40 bits per heavy atom. The highest BCUT2D eigenvalue weighted by Crippen LogP contribution is 2.29. The zero-order valence-electron chi connectivity index (χ0n) is 17.5. The zero-order valence-corrected chi connectivity index (χ0v) is 17.5. The number of morpholine rings is 1. The van der Waals surface area contributed by atoms with Crippen molar-refractivity contribution in [3.05, 3.63) is 59.4 Å². The number of carbonyl (C=O) groups is 1. The van der Waals surface area contributed by atoms with E-state index >= 15 is 0 Å². The summed E-state index contributed by atoms with van der Waals surface area (Å²) in [6.07, 6.45) is 0. The van der Waals surface area contributed by atoms with Gasteiger partial charge in [0.1, 0.15) is 5.82 Å². The van der Waals surface area contributed by atoms with Crippen LogP contribution in [0, 0.1) is 5.82 Å². The summed E-state index contributed by atoms with van der Waals surface area (Å²) >= 11 is 0. The summed E-state index contributed by atoms with van der Waals surface area (Å²) in [7, 11) is 0. The molecule has 2 aromatic carbocycles. The Balaban J connectivity index is 1.73. The van der Waals surface area contributed by atoms with E-state index in [0.717, 1.165) is 18.7 Å². The molecule has 162 valence electrons. The zero-order chi connectivity index (χ0) is 21.3. The van der Waals surface area contributed by atoms with Gasteiger partial charge in [0.25, 0.3) is 5.91 Å². The van der Waals surface area contributed by atoms with Gasteiger partial charge in [-0.25, -0.2) is 4.39 Å². The smallest absolute Gasteiger partial charge is 0.251 e. The van der Waals surface area contributed by atoms with Gasteiger partial charge in [-0.1, -0.05) is 12.1 Å². The lowest BCUT2D eigenvalue weighted by Crippen LogP contribution is -2.43. The van der Waals surface area contributed by atoms with Gasteiger partial charge in [0.15, 0.2) is 11.5 Å². The van der Waals surface area contributed by atoms with Crippen LogP contribution in [0.4, 0.5) is 4.39 Å². The maximum Gasteiger partial charge on any atom is 0.251 e. The molecule has 0 saturated carbocycles. The highest BCUT2D eigenvalue weighted by atomic mass is 19.1. The quantitative estimate of drug-likeness (QED) is 0.679. The van der Waals surface area contributed by atoms with Crippen molar-refractivity contribution in [2.24, 2.45) is 0 Å². The van der Waals surface area contributed by atoms with Crippen molar-refractivity contribution in [3.63, 3.8) is 0 Å². The van der Waals surface area contributed by atoms with Crippen molar-refractivity contribution in [1.29, 1.82) is 0 Å². The predicted molar refractivity (Wildman–Crippen MR) is 113 cm³/mol. The maximum absolute atomic E-state index is 13.4. The number of nitrogens with zero attached hydrogens (tertiary/aromatic N) is 1. The summed E-state index contributed by atoms with van der Waals surface area (Å²) in [5, 5.41) is 3.02. The molecule has 1 fully saturated rings. The molecule has 0 unspecified atom stereocenters. The second-order valence-electron chi connectivity index (χ2n) is 6.95. The molecule has 1 atom stereocenters. The van der Waals surface area contributed by atoms with Crippen LogP contribution < -0.4 is 14.8 Å². The Bertz CT molecular complexity index is 822. The van der Waals surface area contributed by atoms with Gasteiger partial charge in [-0.05, 0) is 49.7 Å². The van der Waals surface area contributed by atoms with Crippen LogP contribution in [-0.2, 0) is 4.74 Å². The minimum Gasteiger partial charge on any atom is -0.490 e. The molecule has 0 bridgehead atoms. The van der Waals surface area contributed by atoms with Gasteiger partial charge in [0.05, 0.1) is 32.5 Å². The van der Waals surface area contributed by atoms with E-state index in [4.69, 9.17) is 14.2 Å². The lowest BCUT2D eigenvalue weighted by atomic mass is 10.0. The third-order valence-electron chi connectivity index (χ3n) is 5.00. The third-order valence-corrected chi connectivity index (χ3v) is 5.00. The number of benzene rings is 2. The average Bonchev–Trinajstić information content (AvgIpc) is 2.77. The Morgan fingerprint density at radius 1 is 1.07 bits per heavy atom. The van der Waals surface area contributed by atoms with Crippen LogP contribution in [0.2, 0.25) is 0 Å². The van der Waals surface area contributed by atoms with Crippen molar-refractivity contribution in [3.8, 4) is 11.5 Å². The second-order valence-corrected chi connectivity index (χ2v) is 6.95. The minimum absolute atomic E-state index is 0.0625. The molecule has 0 spiro atoms. The fourth-order valence-electron chi connectivity index (χ4n) is 3.52. The summed E-state index contributed by atoms with van der Waals surface area (Å²) in [5.74, 6) is 0.699. The highest BCUT2D eigenvalue weighted by molar-refractivity contribution is 5.94. The van der Waals surface area contributed by atoms with Crippen LogP contribution in [0.15, 0.2) is 42.5 Å². The predicted octanol–water partition coefficient (Wildman–Crippen LogP) is 3.43. The van der Waals surface area contributed by atoms with Crippen molar-refractivity contribution in [2.75, 3.05) is 46.1 Å². The first kappa shape index (κ1) is 22.1. The minimum atomic E-state index is -0.277. The normalized spacial score (nSPS) is 15.4. The van der Waals surface area contributed by atoms with E-state index in [1.54, 1.807) is 30.3 Å². The first-order valence-electron chi connectivity index (χ1n) is 10.4. The monoisotopic (exact) mass is 416 g/mol. The standard InChI is InChI=1S/C23H29FN2O4/c1-3-29-21-10-7-18(15-22(21)30-4-2)23(27)25-16-20(26-11-13-28-14-12-26)17-5-8-19(24)9-6-17/h5-10,15,20H,3-4,11-14,16H2,1-2H3,(H,25,27)/t20-/m1/s1. The summed E-state index contributed by atoms with van der Waals surface area (Å²) in [4.78, 5) is 15.1. The summed E-state index contributed by atoms with van der Waals surface area (Å²) in [6.45, 7) is 7.99. The third kappa shape index (κ3) is 5.70. The summed E-state index contributed by atoms with van der Waals surface area (Å²) in [5.41, 5.74) is 1.46. The van der Waals surface area contributed by atoms with Crippen molar-refractivity contribution < 1.29 is 23.4 Å². The van der Waals surface area contributed by atoms with E-state index in [0.29, 0.717) is 50.0 Å². The van der Waals surface area contributed by atoms with Crippen LogP contribution >= 0.6 is 0 Å². The van der Waals surface area contributed by atoms with Crippen LogP contribution in [0.1, 0.15) is 35.8 Å². The molecule has 1 aliphatic heterocycles. The molecule has 3 rings (SSSR count). The highest BCUT2D eigenvalue weighted by Gasteiger charge is 2.23. The molecule has 0 aliphatic carbocycles. The number of amides is 1. The Kier molecular flexibility index (Phi) is 8.04. The Hall–Kier alpha value is -2.64. The molecule has 1 N–H and O–H groups in total. The molecule has 6 nitrogen and oxygen atoms in total. The van der Waals surface area contributed by atoms with E-state index in [9.17, 15) is 9.18 Å². The van der Waals surface area contributed by atoms with E-state index in [1.165, 1.54) is 12.1 Å². The largest absolute Gasteiger partial charge is 0.490 e. The molecule has 1 amide bonds. The van der Waals surface area contributed by atoms with E-state index in [2.05, 4.69) is 10.2 Å².